The summed E-state index contributed by atoms with van der Waals surface area (Å²) in [5.74, 6) is 0.136. The predicted molar refractivity (Wildman–Crippen MR) is 90.7 cm³/mol. The van der Waals surface area contributed by atoms with E-state index in [1.807, 2.05) is 49.4 Å². The summed E-state index contributed by atoms with van der Waals surface area (Å²) in [7, 11) is 0. The molecule has 0 bridgehead atoms. The van der Waals surface area contributed by atoms with E-state index in [9.17, 15) is 0 Å². The second-order valence-electron chi connectivity index (χ2n) is 5.78. The first-order chi connectivity index (χ1) is 10.00. The molecule has 0 aromatic heterocycles. The minimum absolute atomic E-state index is 0.0240. The van der Waals surface area contributed by atoms with Gasteiger partial charge >= 0.3 is 0 Å². The van der Waals surface area contributed by atoms with Gasteiger partial charge in [-0.2, -0.15) is 0 Å². The first-order valence-corrected chi connectivity index (χ1v) is 7.64. The van der Waals surface area contributed by atoms with E-state index >= 15 is 0 Å². The number of hydrogen-bond donors (Lipinski definition) is 2. The molecule has 0 saturated heterocycles. The van der Waals surface area contributed by atoms with Crippen molar-refractivity contribution in [1.82, 2.24) is 0 Å². The van der Waals surface area contributed by atoms with Crippen molar-refractivity contribution >= 4 is 11.6 Å². The van der Waals surface area contributed by atoms with Gasteiger partial charge in [0.1, 0.15) is 0 Å². The summed E-state index contributed by atoms with van der Waals surface area (Å²) < 4.78 is 0. The van der Waals surface area contributed by atoms with Gasteiger partial charge in [0, 0.05) is 28.9 Å². The molecule has 0 saturated carbocycles. The first-order valence-electron chi connectivity index (χ1n) is 7.26. The maximum Gasteiger partial charge on any atom is 0.0406 e. The van der Waals surface area contributed by atoms with Crippen LogP contribution in [0.15, 0.2) is 54.6 Å². The average molecular weight is 303 g/mol. The predicted octanol–water partition coefficient (Wildman–Crippen LogP) is 3.69. The monoisotopic (exact) mass is 302 g/mol. The summed E-state index contributed by atoms with van der Waals surface area (Å²) in [6, 6.07) is 18.3. The zero-order chi connectivity index (χ0) is 15.5. The number of rotatable bonds is 5. The van der Waals surface area contributed by atoms with Gasteiger partial charge in [0.2, 0.25) is 0 Å². The van der Waals surface area contributed by atoms with Crippen molar-refractivity contribution in [2.24, 2.45) is 11.5 Å². The molecule has 0 amide bonds. The smallest absolute Gasteiger partial charge is 0.0406 e. The Hall–Kier alpha value is -1.35. The molecule has 0 spiro atoms. The lowest BCUT2D eigenvalue weighted by atomic mass is 9.65. The second kappa shape index (κ2) is 6.61. The van der Waals surface area contributed by atoms with Crippen LogP contribution in [0.4, 0.5) is 0 Å². The van der Waals surface area contributed by atoms with Crippen molar-refractivity contribution in [2.45, 2.75) is 31.2 Å². The normalized spacial score (nSPS) is 17.0. The molecule has 0 aliphatic rings. The summed E-state index contributed by atoms with van der Waals surface area (Å²) >= 11 is 6.00. The minimum atomic E-state index is -0.232. The lowest BCUT2D eigenvalue weighted by Gasteiger charge is -2.41. The van der Waals surface area contributed by atoms with E-state index in [1.165, 1.54) is 11.1 Å². The second-order valence-corrected chi connectivity index (χ2v) is 6.21. The molecular weight excluding hydrogens is 280 g/mol. The van der Waals surface area contributed by atoms with Gasteiger partial charge in [0.05, 0.1) is 0 Å². The highest BCUT2D eigenvalue weighted by Crippen LogP contribution is 2.40. The molecule has 2 rings (SSSR count). The van der Waals surface area contributed by atoms with Gasteiger partial charge in [-0.25, -0.2) is 0 Å². The van der Waals surface area contributed by atoms with Crippen LogP contribution in [0.25, 0.3) is 0 Å². The topological polar surface area (TPSA) is 52.0 Å². The minimum Gasteiger partial charge on any atom is -0.330 e. The summed E-state index contributed by atoms with van der Waals surface area (Å²) in [6.07, 6.45) is 0. The van der Waals surface area contributed by atoms with E-state index in [0.717, 1.165) is 5.02 Å². The number of hydrogen-bond acceptors (Lipinski definition) is 2. The molecule has 3 heteroatoms. The summed E-state index contributed by atoms with van der Waals surface area (Å²) in [4.78, 5) is 0. The van der Waals surface area contributed by atoms with Gasteiger partial charge in [0.25, 0.3) is 0 Å². The first kappa shape index (κ1) is 16.0. The molecule has 2 aromatic carbocycles. The lowest BCUT2D eigenvalue weighted by Crippen LogP contribution is -2.48. The Kier molecular flexibility index (Phi) is 5.04. The van der Waals surface area contributed by atoms with Crippen molar-refractivity contribution in [3.8, 4) is 0 Å². The number of halogens is 1. The van der Waals surface area contributed by atoms with Crippen LogP contribution in [0.3, 0.4) is 0 Å². The van der Waals surface area contributed by atoms with Crippen molar-refractivity contribution in [1.29, 1.82) is 0 Å². The molecule has 2 aromatic rings. The van der Waals surface area contributed by atoms with Crippen LogP contribution >= 0.6 is 11.6 Å². The fourth-order valence-electron chi connectivity index (χ4n) is 3.00. The number of benzene rings is 2. The Bertz CT molecular complexity index is 566. The summed E-state index contributed by atoms with van der Waals surface area (Å²) in [6.45, 7) is 4.78. The molecule has 3 unspecified atom stereocenters. The largest absolute Gasteiger partial charge is 0.330 e. The van der Waals surface area contributed by atoms with E-state index in [2.05, 4.69) is 19.1 Å². The van der Waals surface area contributed by atoms with Crippen molar-refractivity contribution in [2.75, 3.05) is 6.54 Å². The van der Waals surface area contributed by atoms with Gasteiger partial charge in [0.15, 0.2) is 0 Å². The van der Waals surface area contributed by atoms with E-state index < -0.39 is 0 Å². The highest BCUT2D eigenvalue weighted by molar-refractivity contribution is 6.30. The Morgan fingerprint density at radius 2 is 1.62 bits per heavy atom. The van der Waals surface area contributed by atoms with Crippen LogP contribution in [-0.4, -0.2) is 12.6 Å². The quantitative estimate of drug-likeness (QED) is 0.885. The van der Waals surface area contributed by atoms with Crippen LogP contribution in [-0.2, 0) is 5.41 Å². The standard InChI is InChI=1S/C18H23ClN2/c1-13(21)18(2,15-6-4-3-5-7-15)17(12-20)14-8-10-16(19)11-9-14/h3-11,13,17H,12,20-21H2,1-2H3. The van der Waals surface area contributed by atoms with Gasteiger partial charge in [-0.1, -0.05) is 61.0 Å². The third-order valence-electron chi connectivity index (χ3n) is 4.57. The summed E-state index contributed by atoms with van der Waals surface area (Å²) in [5.41, 5.74) is 14.6. The molecule has 0 aliphatic heterocycles. The highest BCUT2D eigenvalue weighted by atomic mass is 35.5. The average Bonchev–Trinajstić information content (AvgIpc) is 2.50. The van der Waals surface area contributed by atoms with Crippen molar-refractivity contribution in [3.05, 3.63) is 70.7 Å². The molecule has 21 heavy (non-hydrogen) atoms. The Labute approximate surface area is 132 Å². The van der Waals surface area contributed by atoms with E-state index in [0.29, 0.717) is 6.54 Å². The van der Waals surface area contributed by atoms with Crippen LogP contribution in [0.1, 0.15) is 30.9 Å². The molecule has 0 fully saturated rings. The van der Waals surface area contributed by atoms with Crippen LogP contribution in [0.5, 0.6) is 0 Å². The Balaban J connectivity index is 2.51. The van der Waals surface area contributed by atoms with E-state index in [-0.39, 0.29) is 17.4 Å². The third kappa shape index (κ3) is 3.13. The summed E-state index contributed by atoms with van der Waals surface area (Å²) in [5, 5.41) is 0.733. The number of nitrogens with two attached hydrogens (primary N) is 2. The van der Waals surface area contributed by atoms with Gasteiger partial charge < -0.3 is 11.5 Å². The van der Waals surface area contributed by atoms with Gasteiger partial charge in [-0.15, -0.1) is 0 Å². The van der Waals surface area contributed by atoms with E-state index in [1.54, 1.807) is 0 Å². The maximum absolute atomic E-state index is 6.37. The zero-order valence-electron chi connectivity index (χ0n) is 12.6. The fraction of sp³-hybridized carbons (Fsp3) is 0.333. The maximum atomic E-state index is 6.37. The van der Waals surface area contributed by atoms with Gasteiger partial charge in [-0.3, -0.25) is 0 Å². The lowest BCUT2D eigenvalue weighted by molar-refractivity contribution is 0.323. The third-order valence-corrected chi connectivity index (χ3v) is 4.83. The SMILES string of the molecule is CC(N)C(C)(c1ccccc1)C(CN)c1ccc(Cl)cc1. The Morgan fingerprint density at radius 3 is 2.10 bits per heavy atom. The van der Waals surface area contributed by atoms with Crippen LogP contribution < -0.4 is 11.5 Å². The highest BCUT2D eigenvalue weighted by Gasteiger charge is 2.39. The molecule has 0 radical (unpaired) electrons. The van der Waals surface area contributed by atoms with Crippen LogP contribution in [0, 0.1) is 0 Å². The molecular formula is C18H23ClN2. The van der Waals surface area contributed by atoms with E-state index in [4.69, 9.17) is 23.1 Å². The zero-order valence-corrected chi connectivity index (χ0v) is 13.3. The molecule has 3 atom stereocenters. The van der Waals surface area contributed by atoms with Crippen molar-refractivity contribution in [3.63, 3.8) is 0 Å². The molecule has 0 aliphatic carbocycles. The van der Waals surface area contributed by atoms with Gasteiger partial charge in [-0.05, 0) is 30.2 Å². The molecule has 0 heterocycles. The fourth-order valence-corrected chi connectivity index (χ4v) is 3.13. The molecule has 4 N–H and O–H groups in total. The van der Waals surface area contributed by atoms with Crippen LogP contribution in [0.2, 0.25) is 5.02 Å². The molecule has 2 nitrogen and oxygen atoms in total. The van der Waals surface area contributed by atoms with Crippen molar-refractivity contribution < 1.29 is 0 Å². The molecule has 112 valence electrons. The Morgan fingerprint density at radius 1 is 1.05 bits per heavy atom.